The minimum atomic E-state index is 0.348. The van der Waals surface area contributed by atoms with Crippen molar-refractivity contribution in [3.8, 4) is 10.9 Å². The molecule has 0 radical (unpaired) electrons. The van der Waals surface area contributed by atoms with Crippen LogP contribution in [0.1, 0.15) is 5.01 Å². The number of halogens is 1. The predicted molar refractivity (Wildman–Crippen MR) is 74.6 cm³/mol. The molecule has 1 aromatic carbocycles. The van der Waals surface area contributed by atoms with E-state index >= 15 is 0 Å². The molecule has 19 heavy (non-hydrogen) atoms. The SMILES string of the molecule is NCc1nnc(Oc2ccc(Cl)c3cccnc23)s1. The fourth-order valence-corrected chi connectivity index (χ4v) is 2.45. The van der Waals surface area contributed by atoms with Crippen molar-refractivity contribution >= 4 is 33.8 Å². The Kier molecular flexibility index (Phi) is 3.29. The zero-order valence-electron chi connectivity index (χ0n) is 9.71. The van der Waals surface area contributed by atoms with Crippen LogP contribution in [0.25, 0.3) is 10.9 Å². The Morgan fingerprint density at radius 2 is 2.16 bits per heavy atom. The summed E-state index contributed by atoms with van der Waals surface area (Å²) in [5, 5.41) is 10.5. The number of fused-ring (bicyclic) bond motifs is 1. The van der Waals surface area contributed by atoms with Crippen LogP contribution in [0.2, 0.25) is 5.02 Å². The Hall–Kier alpha value is -1.76. The van der Waals surface area contributed by atoms with Gasteiger partial charge in [0.15, 0.2) is 5.75 Å². The van der Waals surface area contributed by atoms with Gasteiger partial charge >= 0.3 is 0 Å². The van der Waals surface area contributed by atoms with Crippen LogP contribution in [0.4, 0.5) is 0 Å². The largest absolute Gasteiger partial charge is 0.427 e. The van der Waals surface area contributed by atoms with E-state index in [9.17, 15) is 0 Å². The van der Waals surface area contributed by atoms with Crippen LogP contribution in [0, 0.1) is 0 Å². The van der Waals surface area contributed by atoms with Crippen LogP contribution in [0.5, 0.6) is 10.9 Å². The molecular weight excluding hydrogens is 284 g/mol. The number of nitrogens with zero attached hydrogens (tertiary/aromatic N) is 3. The summed E-state index contributed by atoms with van der Waals surface area (Å²) >= 11 is 7.43. The van der Waals surface area contributed by atoms with Gasteiger partial charge in [-0.2, -0.15) is 0 Å². The molecule has 3 aromatic rings. The molecule has 7 heteroatoms. The van der Waals surface area contributed by atoms with E-state index in [-0.39, 0.29) is 0 Å². The molecule has 0 aliphatic rings. The summed E-state index contributed by atoms with van der Waals surface area (Å²) in [6.45, 7) is 0.348. The Morgan fingerprint density at radius 1 is 1.26 bits per heavy atom. The first kappa shape index (κ1) is 12.3. The highest BCUT2D eigenvalue weighted by molar-refractivity contribution is 7.13. The summed E-state index contributed by atoms with van der Waals surface area (Å²) in [5.41, 5.74) is 6.18. The van der Waals surface area contributed by atoms with Crippen LogP contribution in [-0.4, -0.2) is 15.2 Å². The summed E-state index contributed by atoms with van der Waals surface area (Å²) in [7, 11) is 0. The second-order valence-corrected chi connectivity index (χ2v) is 5.14. The molecule has 0 amide bonds. The fourth-order valence-electron chi connectivity index (χ4n) is 1.65. The molecule has 0 saturated carbocycles. The van der Waals surface area contributed by atoms with E-state index < -0.39 is 0 Å². The standard InChI is InChI=1S/C12H9ClN4OS/c13-8-3-4-9(11-7(8)2-1-5-15-11)18-12-17-16-10(6-14)19-12/h1-5H,6,14H2. The van der Waals surface area contributed by atoms with Gasteiger partial charge < -0.3 is 10.5 Å². The van der Waals surface area contributed by atoms with Gasteiger partial charge in [-0.15, -0.1) is 5.10 Å². The number of aromatic nitrogens is 3. The van der Waals surface area contributed by atoms with Crippen LogP contribution >= 0.6 is 22.9 Å². The molecule has 0 aliphatic carbocycles. The maximum atomic E-state index is 6.12. The third-order valence-corrected chi connectivity index (χ3v) is 3.65. The number of pyridine rings is 1. The van der Waals surface area contributed by atoms with Gasteiger partial charge in [0, 0.05) is 18.1 Å². The van der Waals surface area contributed by atoms with Crippen molar-refractivity contribution < 1.29 is 4.74 Å². The highest BCUT2D eigenvalue weighted by atomic mass is 35.5. The van der Waals surface area contributed by atoms with E-state index in [0.29, 0.717) is 28.0 Å². The summed E-state index contributed by atoms with van der Waals surface area (Å²) in [6.07, 6.45) is 1.69. The van der Waals surface area contributed by atoms with E-state index in [1.165, 1.54) is 11.3 Å². The van der Waals surface area contributed by atoms with E-state index in [2.05, 4.69) is 15.2 Å². The molecule has 0 saturated heterocycles. The lowest BCUT2D eigenvalue weighted by Gasteiger charge is -2.06. The van der Waals surface area contributed by atoms with Crippen LogP contribution in [0.15, 0.2) is 30.5 Å². The first-order chi connectivity index (χ1) is 9.28. The smallest absolute Gasteiger partial charge is 0.299 e. The summed E-state index contributed by atoms with van der Waals surface area (Å²) < 4.78 is 5.70. The zero-order chi connectivity index (χ0) is 13.2. The minimum absolute atomic E-state index is 0.348. The number of ether oxygens (including phenoxy) is 1. The first-order valence-electron chi connectivity index (χ1n) is 5.51. The molecule has 0 atom stereocenters. The third kappa shape index (κ3) is 2.37. The highest BCUT2D eigenvalue weighted by Crippen LogP contribution is 2.33. The second kappa shape index (κ2) is 5.08. The van der Waals surface area contributed by atoms with Crippen molar-refractivity contribution in [3.05, 3.63) is 40.5 Å². The van der Waals surface area contributed by atoms with E-state index in [1.807, 2.05) is 12.1 Å². The Balaban J connectivity index is 2.03. The van der Waals surface area contributed by atoms with Gasteiger partial charge in [-0.25, -0.2) is 0 Å². The third-order valence-electron chi connectivity index (χ3n) is 2.50. The van der Waals surface area contributed by atoms with Crippen molar-refractivity contribution in [1.29, 1.82) is 0 Å². The summed E-state index contributed by atoms with van der Waals surface area (Å²) in [5.74, 6) is 0.597. The minimum Gasteiger partial charge on any atom is -0.427 e. The summed E-state index contributed by atoms with van der Waals surface area (Å²) in [4.78, 5) is 4.29. The maximum Gasteiger partial charge on any atom is 0.299 e. The number of hydrogen-bond donors (Lipinski definition) is 1. The van der Waals surface area contributed by atoms with Gasteiger partial charge in [-0.1, -0.05) is 28.0 Å². The van der Waals surface area contributed by atoms with Crippen LogP contribution < -0.4 is 10.5 Å². The van der Waals surface area contributed by atoms with Gasteiger partial charge in [-0.05, 0) is 24.3 Å². The van der Waals surface area contributed by atoms with Crippen molar-refractivity contribution in [3.63, 3.8) is 0 Å². The molecule has 2 aromatic heterocycles. The Labute approximate surface area is 118 Å². The number of benzene rings is 1. The van der Waals surface area contributed by atoms with Crippen molar-refractivity contribution in [2.24, 2.45) is 5.73 Å². The van der Waals surface area contributed by atoms with Gasteiger partial charge in [0.1, 0.15) is 10.5 Å². The molecule has 96 valence electrons. The average Bonchev–Trinajstić information content (AvgIpc) is 2.90. The molecule has 2 N–H and O–H groups in total. The molecular formula is C12H9ClN4OS. The number of nitrogens with two attached hydrogens (primary N) is 1. The van der Waals surface area contributed by atoms with Crippen LogP contribution in [-0.2, 0) is 6.54 Å². The molecule has 0 bridgehead atoms. The van der Waals surface area contributed by atoms with Crippen LogP contribution in [0.3, 0.4) is 0 Å². The van der Waals surface area contributed by atoms with E-state index in [1.54, 1.807) is 18.3 Å². The molecule has 5 nitrogen and oxygen atoms in total. The number of rotatable bonds is 3. The van der Waals surface area contributed by atoms with Gasteiger partial charge in [-0.3, -0.25) is 4.98 Å². The Morgan fingerprint density at radius 3 is 2.95 bits per heavy atom. The lowest BCUT2D eigenvalue weighted by Crippen LogP contribution is -1.94. The quantitative estimate of drug-likeness (QED) is 0.803. The van der Waals surface area contributed by atoms with Gasteiger partial charge in [0.05, 0.1) is 5.02 Å². The van der Waals surface area contributed by atoms with Gasteiger partial charge in [0.2, 0.25) is 0 Å². The topological polar surface area (TPSA) is 73.9 Å². The highest BCUT2D eigenvalue weighted by Gasteiger charge is 2.10. The summed E-state index contributed by atoms with van der Waals surface area (Å²) in [6, 6.07) is 7.26. The lowest BCUT2D eigenvalue weighted by molar-refractivity contribution is 0.477. The molecule has 0 spiro atoms. The molecule has 2 heterocycles. The second-order valence-electron chi connectivity index (χ2n) is 3.71. The monoisotopic (exact) mass is 292 g/mol. The van der Waals surface area contributed by atoms with Crippen molar-refractivity contribution in [2.75, 3.05) is 0 Å². The maximum absolute atomic E-state index is 6.12. The van der Waals surface area contributed by atoms with Gasteiger partial charge in [0.25, 0.3) is 5.19 Å². The van der Waals surface area contributed by atoms with E-state index in [0.717, 1.165) is 10.4 Å². The molecule has 3 rings (SSSR count). The van der Waals surface area contributed by atoms with Crippen molar-refractivity contribution in [2.45, 2.75) is 6.54 Å². The lowest BCUT2D eigenvalue weighted by atomic mass is 10.2. The zero-order valence-corrected chi connectivity index (χ0v) is 11.3. The normalized spacial score (nSPS) is 10.8. The van der Waals surface area contributed by atoms with Crippen molar-refractivity contribution in [1.82, 2.24) is 15.2 Å². The Bertz CT molecular complexity index is 731. The molecule has 0 fully saturated rings. The molecule has 0 unspecified atom stereocenters. The fraction of sp³-hybridized carbons (Fsp3) is 0.0833. The van der Waals surface area contributed by atoms with E-state index in [4.69, 9.17) is 22.1 Å². The molecule has 0 aliphatic heterocycles. The predicted octanol–water partition coefficient (Wildman–Crippen LogP) is 2.99. The first-order valence-corrected chi connectivity index (χ1v) is 6.71. The average molecular weight is 293 g/mol. The number of hydrogen-bond acceptors (Lipinski definition) is 6.